The molecule has 0 aromatic heterocycles. The van der Waals surface area contributed by atoms with Crippen LogP contribution < -0.4 is 10.2 Å². The third-order valence-electron chi connectivity index (χ3n) is 7.35. The Labute approximate surface area is 247 Å². The van der Waals surface area contributed by atoms with Crippen LogP contribution in [0.15, 0.2) is 0 Å². The standard InChI is InChI=1S/C31H65N2O6P/c1-6-8-10-12-14-15-16-17-19-21-23-25-31(35)32-29(30(34)24-22-20-18-13-11-9-7-2)28-39-40(36,37)38-27-26-33(3,4)5/h29-30,34H,6-28H2,1-5H3,(H-,32,35,36,37). The Morgan fingerprint density at radius 1 is 0.775 bits per heavy atom. The summed E-state index contributed by atoms with van der Waals surface area (Å²) in [4.78, 5) is 24.9. The van der Waals surface area contributed by atoms with Gasteiger partial charge in [-0.05, 0) is 12.8 Å². The third-order valence-corrected chi connectivity index (χ3v) is 8.31. The Bertz CT molecular complexity index is 644. The van der Waals surface area contributed by atoms with Gasteiger partial charge in [0.05, 0.1) is 39.9 Å². The van der Waals surface area contributed by atoms with Crippen molar-refractivity contribution >= 4 is 13.7 Å². The van der Waals surface area contributed by atoms with E-state index in [1.165, 1.54) is 77.0 Å². The number of nitrogens with zero attached hydrogens (tertiary/aromatic N) is 1. The molecule has 1 amide bonds. The zero-order chi connectivity index (χ0) is 30.1. The fourth-order valence-electron chi connectivity index (χ4n) is 4.62. The number of unbranched alkanes of at least 4 members (excludes halogenated alkanes) is 16. The molecule has 0 saturated heterocycles. The average molecular weight is 593 g/mol. The number of hydrogen-bond donors (Lipinski definition) is 2. The number of hydrogen-bond acceptors (Lipinski definition) is 6. The largest absolute Gasteiger partial charge is 0.756 e. The van der Waals surface area contributed by atoms with Gasteiger partial charge in [0.15, 0.2) is 0 Å². The van der Waals surface area contributed by atoms with Gasteiger partial charge in [0.25, 0.3) is 7.82 Å². The van der Waals surface area contributed by atoms with Crippen molar-refractivity contribution in [2.24, 2.45) is 0 Å². The van der Waals surface area contributed by atoms with Gasteiger partial charge in [0, 0.05) is 6.42 Å². The summed E-state index contributed by atoms with van der Waals surface area (Å²) in [6.07, 6.45) is 21.1. The van der Waals surface area contributed by atoms with Crippen molar-refractivity contribution in [3.05, 3.63) is 0 Å². The first-order valence-electron chi connectivity index (χ1n) is 16.4. The Hall–Kier alpha value is -0.500. The first-order valence-corrected chi connectivity index (χ1v) is 17.8. The van der Waals surface area contributed by atoms with Crippen molar-refractivity contribution in [2.75, 3.05) is 40.9 Å². The van der Waals surface area contributed by atoms with Crippen molar-refractivity contribution in [1.29, 1.82) is 0 Å². The van der Waals surface area contributed by atoms with Gasteiger partial charge >= 0.3 is 0 Å². The highest BCUT2D eigenvalue weighted by atomic mass is 31.2. The number of likely N-dealkylation sites (N-methyl/N-ethyl adjacent to an activating group) is 1. The number of amides is 1. The van der Waals surface area contributed by atoms with Gasteiger partial charge in [-0.2, -0.15) is 0 Å². The lowest BCUT2D eigenvalue weighted by atomic mass is 10.0. The van der Waals surface area contributed by atoms with E-state index in [9.17, 15) is 19.4 Å². The third kappa shape index (κ3) is 26.4. The molecular weight excluding hydrogens is 527 g/mol. The summed E-state index contributed by atoms with van der Waals surface area (Å²) in [5.41, 5.74) is 0. The van der Waals surface area contributed by atoms with Crippen LogP contribution in [0.3, 0.4) is 0 Å². The van der Waals surface area contributed by atoms with Crippen LogP contribution in [0.25, 0.3) is 0 Å². The van der Waals surface area contributed by atoms with Crippen LogP contribution in [0.4, 0.5) is 0 Å². The predicted octanol–water partition coefficient (Wildman–Crippen LogP) is 6.88. The topological polar surface area (TPSA) is 108 Å². The van der Waals surface area contributed by atoms with Crippen LogP contribution in [0, 0.1) is 0 Å². The van der Waals surface area contributed by atoms with Crippen LogP contribution in [0.5, 0.6) is 0 Å². The zero-order valence-corrected chi connectivity index (χ0v) is 27.7. The van der Waals surface area contributed by atoms with E-state index >= 15 is 0 Å². The molecule has 8 nitrogen and oxygen atoms in total. The lowest BCUT2D eigenvalue weighted by molar-refractivity contribution is -0.870. The van der Waals surface area contributed by atoms with Crippen LogP contribution in [-0.2, 0) is 18.4 Å². The molecule has 0 aliphatic rings. The first-order chi connectivity index (χ1) is 19.0. The van der Waals surface area contributed by atoms with Crippen molar-refractivity contribution in [2.45, 2.75) is 154 Å². The Kier molecular flexibility index (Phi) is 24.7. The Morgan fingerprint density at radius 3 is 1.70 bits per heavy atom. The maximum absolute atomic E-state index is 12.6. The van der Waals surface area contributed by atoms with Gasteiger partial charge in [-0.1, -0.05) is 123 Å². The minimum atomic E-state index is -4.53. The second-order valence-electron chi connectivity index (χ2n) is 12.5. The molecule has 0 aromatic rings. The number of phosphoric ester groups is 1. The molecule has 2 N–H and O–H groups in total. The van der Waals surface area contributed by atoms with Crippen molar-refractivity contribution < 1.29 is 32.9 Å². The quantitative estimate of drug-likeness (QED) is 0.0557. The molecule has 0 fully saturated rings. The summed E-state index contributed by atoms with van der Waals surface area (Å²) in [6, 6.07) is -0.787. The molecule has 0 heterocycles. The molecule has 240 valence electrons. The molecule has 9 heteroatoms. The summed E-state index contributed by atoms with van der Waals surface area (Å²) >= 11 is 0. The van der Waals surface area contributed by atoms with Gasteiger partial charge in [-0.3, -0.25) is 9.36 Å². The van der Waals surface area contributed by atoms with Gasteiger partial charge in [0.2, 0.25) is 5.91 Å². The lowest BCUT2D eigenvalue weighted by Gasteiger charge is -2.30. The fraction of sp³-hybridized carbons (Fsp3) is 0.968. The van der Waals surface area contributed by atoms with E-state index in [2.05, 4.69) is 19.2 Å². The number of carbonyl (C=O) groups is 1. The molecule has 3 unspecified atom stereocenters. The molecule has 0 aliphatic heterocycles. The summed E-state index contributed by atoms with van der Waals surface area (Å²) in [5.74, 6) is -0.171. The molecular formula is C31H65N2O6P. The summed E-state index contributed by atoms with van der Waals surface area (Å²) in [5, 5.41) is 13.6. The number of carbonyl (C=O) groups excluding carboxylic acids is 1. The predicted molar refractivity (Wildman–Crippen MR) is 164 cm³/mol. The summed E-state index contributed by atoms with van der Waals surface area (Å²) in [6.45, 7) is 4.63. The molecule has 0 aromatic carbocycles. The minimum Gasteiger partial charge on any atom is -0.756 e. The monoisotopic (exact) mass is 592 g/mol. The Morgan fingerprint density at radius 2 is 1.23 bits per heavy atom. The second-order valence-corrected chi connectivity index (χ2v) is 13.9. The maximum Gasteiger partial charge on any atom is 0.268 e. The average Bonchev–Trinajstić information content (AvgIpc) is 2.88. The minimum absolute atomic E-state index is 0.0146. The van der Waals surface area contributed by atoms with Gasteiger partial charge in [-0.25, -0.2) is 0 Å². The van der Waals surface area contributed by atoms with E-state index in [-0.39, 0.29) is 19.1 Å². The number of rotatable bonds is 29. The normalized spacial score (nSPS) is 15.1. The summed E-state index contributed by atoms with van der Waals surface area (Å²) < 4.78 is 23.0. The highest BCUT2D eigenvalue weighted by Crippen LogP contribution is 2.38. The molecule has 0 aliphatic carbocycles. The smallest absolute Gasteiger partial charge is 0.268 e. The van der Waals surface area contributed by atoms with Crippen LogP contribution >= 0.6 is 7.82 Å². The highest BCUT2D eigenvalue weighted by Gasteiger charge is 2.24. The number of nitrogens with one attached hydrogen (secondary N) is 1. The van der Waals surface area contributed by atoms with E-state index in [0.717, 1.165) is 38.5 Å². The number of aliphatic hydroxyl groups is 1. The Balaban J connectivity index is 4.51. The summed E-state index contributed by atoms with van der Waals surface area (Å²) in [7, 11) is 1.30. The highest BCUT2D eigenvalue weighted by molar-refractivity contribution is 7.45. The van der Waals surface area contributed by atoms with E-state index in [1.54, 1.807) is 0 Å². The molecule has 0 bridgehead atoms. The van der Waals surface area contributed by atoms with Crippen LogP contribution in [0.2, 0.25) is 0 Å². The fourth-order valence-corrected chi connectivity index (χ4v) is 5.35. The van der Waals surface area contributed by atoms with E-state index < -0.39 is 20.0 Å². The van der Waals surface area contributed by atoms with Crippen LogP contribution in [-0.4, -0.2) is 68.5 Å². The van der Waals surface area contributed by atoms with Gasteiger partial charge in [-0.15, -0.1) is 0 Å². The van der Waals surface area contributed by atoms with Gasteiger partial charge < -0.3 is 28.8 Å². The van der Waals surface area contributed by atoms with Crippen molar-refractivity contribution in [3.8, 4) is 0 Å². The second kappa shape index (κ2) is 25.0. The SMILES string of the molecule is CCCCCCCCCCCCCC(=O)NC(COP(=O)([O-])OCC[N+](C)(C)C)C(O)CCCCCCCCC. The van der Waals surface area contributed by atoms with Crippen molar-refractivity contribution in [3.63, 3.8) is 0 Å². The molecule has 0 rings (SSSR count). The molecule has 0 saturated carbocycles. The van der Waals surface area contributed by atoms with Crippen molar-refractivity contribution in [1.82, 2.24) is 5.32 Å². The number of quaternary nitrogens is 1. The zero-order valence-electron chi connectivity index (χ0n) is 26.8. The molecule has 0 spiro atoms. The van der Waals surface area contributed by atoms with Gasteiger partial charge in [0.1, 0.15) is 13.2 Å². The van der Waals surface area contributed by atoms with E-state index in [4.69, 9.17) is 9.05 Å². The number of aliphatic hydroxyl groups excluding tert-OH is 1. The molecule has 40 heavy (non-hydrogen) atoms. The van der Waals surface area contributed by atoms with Crippen LogP contribution in [0.1, 0.15) is 142 Å². The van der Waals surface area contributed by atoms with E-state index in [1.807, 2.05) is 21.1 Å². The number of phosphoric acid groups is 1. The lowest BCUT2D eigenvalue weighted by Crippen LogP contribution is -2.46. The molecule has 0 radical (unpaired) electrons. The molecule has 3 atom stereocenters. The van der Waals surface area contributed by atoms with E-state index in [0.29, 0.717) is 23.9 Å². The first kappa shape index (κ1) is 39.5. The maximum atomic E-state index is 12.6.